The molecular weight excluding hydrogens is 247 g/mol. The monoisotopic (exact) mass is 262 g/mol. The van der Waals surface area contributed by atoms with E-state index in [1.807, 2.05) is 26.0 Å². The van der Waals surface area contributed by atoms with Gasteiger partial charge < -0.3 is 4.74 Å². The molecule has 0 aliphatic carbocycles. The molecular formula is C11H16Cl2N2O. The fourth-order valence-electron chi connectivity index (χ4n) is 1.53. The topological polar surface area (TPSA) is 47.3 Å². The zero-order chi connectivity index (χ0) is 12.3. The summed E-state index contributed by atoms with van der Waals surface area (Å²) in [5.74, 6) is 5.55. The van der Waals surface area contributed by atoms with E-state index in [1.165, 1.54) is 0 Å². The Morgan fingerprint density at radius 3 is 2.50 bits per heavy atom. The Hall–Kier alpha value is -0.320. The van der Waals surface area contributed by atoms with Crippen LogP contribution in [0.25, 0.3) is 0 Å². The number of halogens is 2. The smallest absolute Gasteiger partial charge is 0.0830 e. The van der Waals surface area contributed by atoms with Crippen LogP contribution in [-0.4, -0.2) is 12.7 Å². The standard InChI is InChI=1S/C11H16Cl2N2O/c1-11(2,16-3)10(15-14)7-5-4-6-8(12)9(7)13/h4-6,10,15H,14H2,1-3H3. The number of hydrogen-bond acceptors (Lipinski definition) is 3. The predicted molar refractivity (Wildman–Crippen MR) is 67.6 cm³/mol. The van der Waals surface area contributed by atoms with Crippen molar-refractivity contribution in [2.24, 2.45) is 5.84 Å². The summed E-state index contributed by atoms with van der Waals surface area (Å²) >= 11 is 12.1. The summed E-state index contributed by atoms with van der Waals surface area (Å²) in [7, 11) is 1.63. The molecule has 90 valence electrons. The van der Waals surface area contributed by atoms with Crippen LogP contribution >= 0.6 is 23.2 Å². The van der Waals surface area contributed by atoms with Crippen LogP contribution in [0.2, 0.25) is 10.0 Å². The van der Waals surface area contributed by atoms with Crippen LogP contribution in [0.4, 0.5) is 0 Å². The predicted octanol–water partition coefficient (Wildman–Crippen LogP) is 2.92. The molecule has 0 aromatic heterocycles. The fourth-order valence-corrected chi connectivity index (χ4v) is 1.94. The molecule has 0 heterocycles. The van der Waals surface area contributed by atoms with E-state index in [-0.39, 0.29) is 6.04 Å². The van der Waals surface area contributed by atoms with Gasteiger partial charge in [0, 0.05) is 7.11 Å². The molecule has 3 nitrogen and oxygen atoms in total. The molecule has 0 fully saturated rings. The number of rotatable bonds is 4. The Bertz CT molecular complexity index is 369. The molecule has 0 spiro atoms. The van der Waals surface area contributed by atoms with Gasteiger partial charge in [-0.15, -0.1) is 0 Å². The van der Waals surface area contributed by atoms with E-state index in [2.05, 4.69) is 5.43 Å². The number of nitrogens with two attached hydrogens (primary N) is 1. The average Bonchev–Trinajstić information content (AvgIpc) is 2.25. The number of nitrogens with one attached hydrogen (secondary N) is 1. The molecule has 1 unspecified atom stereocenters. The molecule has 1 atom stereocenters. The van der Waals surface area contributed by atoms with Gasteiger partial charge in [-0.05, 0) is 25.5 Å². The lowest BCUT2D eigenvalue weighted by Crippen LogP contribution is -2.44. The third-order valence-electron chi connectivity index (χ3n) is 2.68. The summed E-state index contributed by atoms with van der Waals surface area (Å²) in [5, 5.41) is 1.00. The average molecular weight is 263 g/mol. The van der Waals surface area contributed by atoms with Crippen molar-refractivity contribution in [2.75, 3.05) is 7.11 Å². The second kappa shape index (κ2) is 5.34. The van der Waals surface area contributed by atoms with Crippen LogP contribution in [0, 0.1) is 0 Å². The van der Waals surface area contributed by atoms with Gasteiger partial charge >= 0.3 is 0 Å². The highest BCUT2D eigenvalue weighted by Gasteiger charge is 2.31. The summed E-state index contributed by atoms with van der Waals surface area (Å²) in [6.45, 7) is 3.85. The van der Waals surface area contributed by atoms with Crippen LogP contribution in [-0.2, 0) is 4.74 Å². The Balaban J connectivity index is 3.19. The van der Waals surface area contributed by atoms with Crippen molar-refractivity contribution in [2.45, 2.75) is 25.5 Å². The Morgan fingerprint density at radius 2 is 2.00 bits per heavy atom. The molecule has 1 aromatic carbocycles. The van der Waals surface area contributed by atoms with Crippen LogP contribution in [0.5, 0.6) is 0 Å². The third-order valence-corrected chi connectivity index (χ3v) is 3.51. The van der Waals surface area contributed by atoms with Crippen molar-refractivity contribution in [3.05, 3.63) is 33.8 Å². The van der Waals surface area contributed by atoms with Crippen LogP contribution in [0.1, 0.15) is 25.5 Å². The first kappa shape index (κ1) is 13.7. The van der Waals surface area contributed by atoms with E-state index in [1.54, 1.807) is 13.2 Å². The number of hydrazine groups is 1. The summed E-state index contributed by atoms with van der Waals surface area (Å²) < 4.78 is 5.40. The zero-order valence-electron chi connectivity index (χ0n) is 9.55. The maximum atomic E-state index is 6.15. The minimum atomic E-state index is -0.483. The van der Waals surface area contributed by atoms with Crippen LogP contribution in [0.15, 0.2) is 18.2 Å². The Labute approximate surface area is 106 Å². The normalized spacial score (nSPS) is 13.9. The minimum absolute atomic E-state index is 0.233. The fraction of sp³-hybridized carbons (Fsp3) is 0.455. The second-order valence-electron chi connectivity index (χ2n) is 4.05. The van der Waals surface area contributed by atoms with Gasteiger partial charge in [0.2, 0.25) is 0 Å². The molecule has 0 aliphatic rings. The van der Waals surface area contributed by atoms with E-state index in [9.17, 15) is 0 Å². The molecule has 1 aromatic rings. The molecule has 0 bridgehead atoms. The SMILES string of the molecule is COC(C)(C)C(NN)c1cccc(Cl)c1Cl. The largest absolute Gasteiger partial charge is 0.377 e. The first-order valence-corrected chi connectivity index (χ1v) is 5.64. The lowest BCUT2D eigenvalue weighted by atomic mass is 9.92. The maximum absolute atomic E-state index is 6.15. The number of hydrogen-bond donors (Lipinski definition) is 2. The molecule has 0 radical (unpaired) electrons. The molecule has 0 saturated carbocycles. The van der Waals surface area contributed by atoms with Gasteiger partial charge in [-0.3, -0.25) is 11.3 Å². The summed E-state index contributed by atoms with van der Waals surface area (Å²) in [6.07, 6.45) is 0. The summed E-state index contributed by atoms with van der Waals surface area (Å²) in [4.78, 5) is 0. The van der Waals surface area contributed by atoms with Crippen molar-refractivity contribution in [1.82, 2.24) is 5.43 Å². The van der Waals surface area contributed by atoms with Crippen molar-refractivity contribution in [3.63, 3.8) is 0 Å². The molecule has 3 N–H and O–H groups in total. The highest BCUT2D eigenvalue weighted by atomic mass is 35.5. The Kier molecular flexibility index (Phi) is 4.59. The first-order valence-electron chi connectivity index (χ1n) is 4.89. The minimum Gasteiger partial charge on any atom is -0.377 e. The van der Waals surface area contributed by atoms with Gasteiger partial charge in [-0.25, -0.2) is 0 Å². The van der Waals surface area contributed by atoms with E-state index in [4.69, 9.17) is 33.8 Å². The van der Waals surface area contributed by atoms with Crippen molar-refractivity contribution in [3.8, 4) is 0 Å². The van der Waals surface area contributed by atoms with Crippen LogP contribution < -0.4 is 11.3 Å². The Morgan fingerprint density at radius 1 is 1.38 bits per heavy atom. The highest BCUT2D eigenvalue weighted by molar-refractivity contribution is 6.42. The van der Waals surface area contributed by atoms with Gasteiger partial charge in [0.05, 0.1) is 21.7 Å². The van der Waals surface area contributed by atoms with Gasteiger partial charge in [-0.1, -0.05) is 35.3 Å². The van der Waals surface area contributed by atoms with E-state index in [0.29, 0.717) is 10.0 Å². The van der Waals surface area contributed by atoms with Gasteiger partial charge in [0.15, 0.2) is 0 Å². The lowest BCUT2D eigenvalue weighted by Gasteiger charge is -2.33. The van der Waals surface area contributed by atoms with Gasteiger partial charge in [-0.2, -0.15) is 0 Å². The molecule has 0 amide bonds. The first-order chi connectivity index (χ1) is 7.44. The molecule has 0 saturated heterocycles. The maximum Gasteiger partial charge on any atom is 0.0830 e. The van der Waals surface area contributed by atoms with Gasteiger partial charge in [0.1, 0.15) is 0 Å². The zero-order valence-corrected chi connectivity index (χ0v) is 11.1. The molecule has 5 heteroatoms. The van der Waals surface area contributed by atoms with E-state index < -0.39 is 5.60 Å². The third kappa shape index (κ3) is 2.67. The van der Waals surface area contributed by atoms with Crippen LogP contribution in [0.3, 0.4) is 0 Å². The summed E-state index contributed by atoms with van der Waals surface area (Å²) in [6, 6.07) is 5.21. The van der Waals surface area contributed by atoms with E-state index in [0.717, 1.165) is 5.56 Å². The van der Waals surface area contributed by atoms with Gasteiger partial charge in [0.25, 0.3) is 0 Å². The quantitative estimate of drug-likeness (QED) is 0.648. The number of ether oxygens (including phenoxy) is 1. The number of benzene rings is 1. The number of methoxy groups -OCH3 is 1. The highest BCUT2D eigenvalue weighted by Crippen LogP contribution is 2.35. The van der Waals surface area contributed by atoms with Crippen molar-refractivity contribution >= 4 is 23.2 Å². The molecule has 1 rings (SSSR count). The summed E-state index contributed by atoms with van der Waals surface area (Å²) in [5.41, 5.74) is 3.05. The second-order valence-corrected chi connectivity index (χ2v) is 4.84. The van der Waals surface area contributed by atoms with Crippen molar-refractivity contribution < 1.29 is 4.74 Å². The lowest BCUT2D eigenvalue weighted by molar-refractivity contribution is -0.0111. The van der Waals surface area contributed by atoms with E-state index >= 15 is 0 Å². The molecule has 0 aliphatic heterocycles. The molecule has 16 heavy (non-hydrogen) atoms. The van der Waals surface area contributed by atoms with Crippen molar-refractivity contribution in [1.29, 1.82) is 0 Å².